The molecule has 0 aliphatic heterocycles. The Labute approximate surface area is 166 Å². The van der Waals surface area contributed by atoms with Crippen LogP contribution in [-0.2, 0) is 6.42 Å². The van der Waals surface area contributed by atoms with Crippen LogP contribution in [0.3, 0.4) is 0 Å². The van der Waals surface area contributed by atoms with Gasteiger partial charge in [-0.2, -0.15) is 0 Å². The number of carbonyl (C=O) groups excluding carboxylic acids is 1. The molecular weight excluding hydrogens is 348 g/mol. The Morgan fingerprint density at radius 3 is 2.54 bits per heavy atom. The molecule has 0 fully saturated rings. The van der Waals surface area contributed by atoms with Gasteiger partial charge in [-0.3, -0.25) is 4.79 Å². The van der Waals surface area contributed by atoms with E-state index in [9.17, 15) is 4.79 Å². The lowest BCUT2D eigenvalue weighted by atomic mass is 10.1. The fourth-order valence-electron chi connectivity index (χ4n) is 3.00. The molecule has 144 valence electrons. The smallest absolute Gasteiger partial charge is 0.274 e. The van der Waals surface area contributed by atoms with E-state index in [1.807, 2.05) is 38.1 Å². The van der Waals surface area contributed by atoms with Gasteiger partial charge in [0.05, 0.1) is 0 Å². The van der Waals surface area contributed by atoms with Gasteiger partial charge in [-0.25, -0.2) is 9.97 Å². The van der Waals surface area contributed by atoms with Crippen LogP contribution in [0.25, 0.3) is 0 Å². The maximum absolute atomic E-state index is 12.7. The normalized spacial score (nSPS) is 10.5. The lowest BCUT2D eigenvalue weighted by Gasteiger charge is -2.11. The van der Waals surface area contributed by atoms with Gasteiger partial charge in [-0.15, -0.1) is 0 Å². The molecule has 1 heterocycles. The molecule has 3 aromatic rings. The number of carbonyl (C=O) groups is 1. The number of hydrogen-bond acceptors (Lipinski definition) is 4. The zero-order chi connectivity index (χ0) is 19.9. The zero-order valence-corrected chi connectivity index (χ0v) is 16.6. The third kappa shape index (κ3) is 5.16. The molecule has 0 unspecified atom stereocenters. The van der Waals surface area contributed by atoms with Crippen LogP contribution < -0.4 is 10.6 Å². The lowest BCUT2D eigenvalue weighted by Crippen LogP contribution is -2.17. The van der Waals surface area contributed by atoms with Crippen molar-refractivity contribution in [2.45, 2.75) is 33.6 Å². The van der Waals surface area contributed by atoms with E-state index in [-0.39, 0.29) is 5.91 Å². The van der Waals surface area contributed by atoms with E-state index >= 15 is 0 Å². The van der Waals surface area contributed by atoms with E-state index in [1.54, 1.807) is 13.0 Å². The summed E-state index contributed by atoms with van der Waals surface area (Å²) in [6, 6.07) is 18.0. The largest absolute Gasteiger partial charge is 0.370 e. The molecular formula is C23H26N4O. The maximum Gasteiger partial charge on any atom is 0.274 e. The fourth-order valence-corrected chi connectivity index (χ4v) is 3.00. The van der Waals surface area contributed by atoms with Crippen molar-refractivity contribution in [3.8, 4) is 0 Å². The van der Waals surface area contributed by atoms with Crippen molar-refractivity contribution < 1.29 is 4.79 Å². The third-order valence-corrected chi connectivity index (χ3v) is 4.71. The summed E-state index contributed by atoms with van der Waals surface area (Å²) in [5, 5.41) is 6.26. The second-order valence-corrected chi connectivity index (χ2v) is 6.90. The number of nitrogens with zero attached hydrogens (tertiary/aromatic N) is 2. The standard InChI is InChI=1S/C23H26N4O/c1-16-9-7-13-20(17(16)2)27-23(28)21-15-22(26-18(3)25-21)24-14-8-12-19-10-5-4-6-11-19/h4-7,9-11,13,15H,8,12,14H2,1-3H3,(H,27,28)(H,24,25,26). The number of aryl methyl sites for hydroxylation is 3. The van der Waals surface area contributed by atoms with Gasteiger partial charge in [0, 0.05) is 18.3 Å². The van der Waals surface area contributed by atoms with Crippen molar-refractivity contribution >= 4 is 17.4 Å². The summed E-state index contributed by atoms with van der Waals surface area (Å²) in [7, 11) is 0. The van der Waals surface area contributed by atoms with Crippen molar-refractivity contribution in [3.63, 3.8) is 0 Å². The Hall–Kier alpha value is -3.21. The monoisotopic (exact) mass is 374 g/mol. The Morgan fingerprint density at radius 1 is 0.964 bits per heavy atom. The number of benzene rings is 2. The molecule has 0 bridgehead atoms. The van der Waals surface area contributed by atoms with E-state index in [2.05, 4.69) is 44.9 Å². The van der Waals surface area contributed by atoms with Gasteiger partial charge < -0.3 is 10.6 Å². The maximum atomic E-state index is 12.7. The highest BCUT2D eigenvalue weighted by Gasteiger charge is 2.12. The number of anilines is 2. The van der Waals surface area contributed by atoms with Crippen LogP contribution >= 0.6 is 0 Å². The quantitative estimate of drug-likeness (QED) is 0.588. The molecule has 0 atom stereocenters. The third-order valence-electron chi connectivity index (χ3n) is 4.71. The van der Waals surface area contributed by atoms with E-state index in [0.29, 0.717) is 17.3 Å². The van der Waals surface area contributed by atoms with Gasteiger partial charge in [-0.1, -0.05) is 42.5 Å². The van der Waals surface area contributed by atoms with Crippen LogP contribution in [0.15, 0.2) is 54.6 Å². The van der Waals surface area contributed by atoms with Crippen LogP contribution in [0.1, 0.15) is 39.4 Å². The topological polar surface area (TPSA) is 66.9 Å². The number of aromatic nitrogens is 2. The first-order valence-corrected chi connectivity index (χ1v) is 9.54. The molecule has 0 radical (unpaired) electrons. The summed E-state index contributed by atoms with van der Waals surface area (Å²) in [5.41, 5.74) is 4.67. The summed E-state index contributed by atoms with van der Waals surface area (Å²) in [6.45, 7) is 6.60. The number of hydrogen-bond donors (Lipinski definition) is 2. The zero-order valence-electron chi connectivity index (χ0n) is 16.6. The van der Waals surface area contributed by atoms with Crippen LogP contribution in [0, 0.1) is 20.8 Å². The molecule has 2 aromatic carbocycles. The molecule has 3 rings (SSSR count). The lowest BCUT2D eigenvalue weighted by molar-refractivity contribution is 0.102. The highest BCUT2D eigenvalue weighted by Crippen LogP contribution is 2.19. The summed E-state index contributed by atoms with van der Waals surface area (Å²) >= 11 is 0. The van der Waals surface area contributed by atoms with Crippen LogP contribution in [0.4, 0.5) is 11.5 Å². The first-order valence-electron chi connectivity index (χ1n) is 9.54. The predicted molar refractivity (Wildman–Crippen MR) is 114 cm³/mol. The minimum Gasteiger partial charge on any atom is -0.370 e. The molecule has 28 heavy (non-hydrogen) atoms. The highest BCUT2D eigenvalue weighted by molar-refractivity contribution is 6.03. The summed E-state index contributed by atoms with van der Waals surface area (Å²) in [4.78, 5) is 21.4. The van der Waals surface area contributed by atoms with E-state index in [4.69, 9.17) is 0 Å². The van der Waals surface area contributed by atoms with Crippen molar-refractivity contribution in [1.82, 2.24) is 9.97 Å². The molecule has 1 amide bonds. The SMILES string of the molecule is Cc1nc(NCCCc2ccccc2)cc(C(=O)Nc2cccc(C)c2C)n1. The van der Waals surface area contributed by atoms with Crippen molar-refractivity contribution in [1.29, 1.82) is 0 Å². The summed E-state index contributed by atoms with van der Waals surface area (Å²) in [5.74, 6) is 1.01. The molecule has 5 nitrogen and oxygen atoms in total. The average Bonchev–Trinajstić information content (AvgIpc) is 2.69. The van der Waals surface area contributed by atoms with Gasteiger partial charge >= 0.3 is 0 Å². The predicted octanol–water partition coefficient (Wildman–Crippen LogP) is 4.70. The van der Waals surface area contributed by atoms with Gasteiger partial charge in [0.2, 0.25) is 0 Å². The van der Waals surface area contributed by atoms with Gasteiger partial charge in [0.1, 0.15) is 17.3 Å². The molecule has 1 aromatic heterocycles. The highest BCUT2D eigenvalue weighted by atomic mass is 16.1. The Bertz CT molecular complexity index is 954. The van der Waals surface area contributed by atoms with E-state index in [1.165, 1.54) is 5.56 Å². The van der Waals surface area contributed by atoms with E-state index in [0.717, 1.165) is 36.2 Å². The molecule has 2 N–H and O–H groups in total. The number of amides is 1. The second kappa shape index (κ2) is 9.13. The van der Waals surface area contributed by atoms with Crippen LogP contribution in [-0.4, -0.2) is 22.4 Å². The van der Waals surface area contributed by atoms with Crippen molar-refractivity contribution in [2.24, 2.45) is 0 Å². The minimum absolute atomic E-state index is 0.230. The average molecular weight is 374 g/mol. The van der Waals surface area contributed by atoms with Gasteiger partial charge in [0.15, 0.2) is 0 Å². The molecule has 0 aliphatic rings. The summed E-state index contributed by atoms with van der Waals surface area (Å²) in [6.07, 6.45) is 1.98. The molecule has 0 aliphatic carbocycles. The number of rotatable bonds is 7. The Balaban J connectivity index is 1.62. The van der Waals surface area contributed by atoms with Crippen LogP contribution in [0.5, 0.6) is 0 Å². The molecule has 0 spiro atoms. The first-order chi connectivity index (χ1) is 13.5. The molecule has 0 saturated heterocycles. The Morgan fingerprint density at radius 2 is 1.75 bits per heavy atom. The van der Waals surface area contributed by atoms with Crippen LogP contribution in [0.2, 0.25) is 0 Å². The first kappa shape index (κ1) is 19.5. The Kier molecular flexibility index (Phi) is 6.37. The minimum atomic E-state index is -0.230. The molecule has 0 saturated carbocycles. The van der Waals surface area contributed by atoms with Gasteiger partial charge in [-0.05, 0) is 56.4 Å². The van der Waals surface area contributed by atoms with Gasteiger partial charge in [0.25, 0.3) is 5.91 Å². The second-order valence-electron chi connectivity index (χ2n) is 6.90. The fraction of sp³-hybridized carbons (Fsp3) is 0.261. The summed E-state index contributed by atoms with van der Waals surface area (Å²) < 4.78 is 0. The van der Waals surface area contributed by atoms with E-state index < -0.39 is 0 Å². The van der Waals surface area contributed by atoms with Crippen molar-refractivity contribution in [3.05, 3.63) is 82.8 Å². The molecule has 5 heteroatoms. The van der Waals surface area contributed by atoms with Crippen molar-refractivity contribution in [2.75, 3.05) is 17.2 Å². The number of nitrogens with one attached hydrogen (secondary N) is 2.